The third-order valence-electron chi connectivity index (χ3n) is 6.90. The third-order valence-corrected chi connectivity index (χ3v) is 8.39. The Hall–Kier alpha value is -2.93. The van der Waals surface area contributed by atoms with Crippen LogP contribution in [0, 0.1) is 0 Å². The predicted octanol–water partition coefficient (Wildman–Crippen LogP) is 4.87. The van der Waals surface area contributed by atoms with Gasteiger partial charge in [0.25, 0.3) is 10.0 Å². The summed E-state index contributed by atoms with van der Waals surface area (Å²) in [5.41, 5.74) is 3.94. The van der Waals surface area contributed by atoms with Crippen LogP contribution in [0.2, 0.25) is 0 Å². The Morgan fingerprint density at radius 2 is 1.56 bits per heavy atom. The van der Waals surface area contributed by atoms with Crippen molar-refractivity contribution in [2.75, 3.05) is 13.6 Å². The molecule has 0 aliphatic carbocycles. The lowest BCUT2D eigenvalue weighted by molar-refractivity contribution is 0.489. The third kappa shape index (κ3) is 4.29. The van der Waals surface area contributed by atoms with Crippen LogP contribution < -0.4 is 10.0 Å². The molecule has 3 aromatic carbocycles. The number of aryl methyl sites for hydroxylation is 1. The number of aromatic nitrogens is 1. The minimum atomic E-state index is -3.74. The summed E-state index contributed by atoms with van der Waals surface area (Å²) in [5, 5.41) is 4.90. The Bertz CT molecular complexity index is 1320. The molecule has 1 aliphatic rings. The summed E-state index contributed by atoms with van der Waals surface area (Å²) in [6.45, 7) is 1.68. The van der Waals surface area contributed by atoms with E-state index in [-0.39, 0.29) is 5.92 Å². The van der Waals surface area contributed by atoms with Crippen molar-refractivity contribution in [3.8, 4) is 0 Å². The molecule has 34 heavy (non-hydrogen) atoms. The normalized spacial score (nSPS) is 16.5. The number of hydrogen-bond donors (Lipinski definition) is 2. The molecule has 0 amide bonds. The topological polar surface area (TPSA) is 63.1 Å². The van der Waals surface area contributed by atoms with Crippen LogP contribution in [0.3, 0.4) is 0 Å². The lowest BCUT2D eigenvalue weighted by Gasteiger charge is -2.21. The fourth-order valence-electron chi connectivity index (χ4n) is 5.30. The maximum Gasteiger partial charge on any atom is 0.256 e. The molecule has 0 bridgehead atoms. The highest BCUT2D eigenvalue weighted by Gasteiger charge is 2.33. The molecule has 5 rings (SSSR count). The molecule has 0 radical (unpaired) electrons. The number of hydrogen-bond acceptors (Lipinski definition) is 3. The number of benzene rings is 3. The van der Waals surface area contributed by atoms with Crippen molar-refractivity contribution in [3.63, 3.8) is 0 Å². The SMILES string of the molecule is CNS(=O)(=O)c1c(C(c2ccccc2)c2ccccc2)c2ccccc2n1CCC1CCCN1. The lowest BCUT2D eigenvalue weighted by Crippen LogP contribution is -2.27. The van der Waals surface area contributed by atoms with Gasteiger partial charge >= 0.3 is 0 Å². The summed E-state index contributed by atoms with van der Waals surface area (Å²) < 4.78 is 31.9. The second-order valence-corrected chi connectivity index (χ2v) is 10.7. The van der Waals surface area contributed by atoms with Gasteiger partial charge < -0.3 is 9.88 Å². The second kappa shape index (κ2) is 9.74. The molecule has 0 saturated carbocycles. The Labute approximate surface area is 201 Å². The highest BCUT2D eigenvalue weighted by Crippen LogP contribution is 2.42. The van der Waals surface area contributed by atoms with Crippen molar-refractivity contribution in [1.29, 1.82) is 0 Å². The summed E-state index contributed by atoms with van der Waals surface area (Å²) in [6.07, 6.45) is 3.20. The number of fused-ring (bicyclic) bond motifs is 1. The Morgan fingerprint density at radius 1 is 0.941 bits per heavy atom. The first-order chi connectivity index (χ1) is 16.6. The zero-order valence-corrected chi connectivity index (χ0v) is 20.3. The van der Waals surface area contributed by atoms with E-state index in [0.717, 1.165) is 47.0 Å². The van der Waals surface area contributed by atoms with Crippen molar-refractivity contribution < 1.29 is 8.42 Å². The molecular weight excluding hydrogens is 442 g/mol. The van der Waals surface area contributed by atoms with Gasteiger partial charge in [-0.3, -0.25) is 0 Å². The molecule has 2 N–H and O–H groups in total. The summed E-state index contributed by atoms with van der Waals surface area (Å²) >= 11 is 0. The predicted molar refractivity (Wildman–Crippen MR) is 138 cm³/mol. The van der Waals surface area contributed by atoms with Crippen molar-refractivity contribution >= 4 is 20.9 Å². The average Bonchev–Trinajstić information content (AvgIpc) is 3.51. The molecule has 1 fully saturated rings. The minimum Gasteiger partial charge on any atom is -0.330 e. The van der Waals surface area contributed by atoms with E-state index >= 15 is 0 Å². The molecule has 6 heteroatoms. The molecular formula is C28H31N3O2S. The summed E-state index contributed by atoms with van der Waals surface area (Å²) in [5.74, 6) is -0.212. The van der Waals surface area contributed by atoms with E-state index in [4.69, 9.17) is 0 Å². The molecule has 1 aromatic heterocycles. The molecule has 176 valence electrons. The van der Waals surface area contributed by atoms with Crippen LogP contribution in [0.15, 0.2) is 90.0 Å². The molecule has 4 aromatic rings. The van der Waals surface area contributed by atoms with Gasteiger partial charge in [0.2, 0.25) is 0 Å². The molecule has 0 spiro atoms. The number of nitrogens with zero attached hydrogens (tertiary/aromatic N) is 1. The van der Waals surface area contributed by atoms with Gasteiger partial charge in [-0.05, 0) is 50.0 Å². The monoisotopic (exact) mass is 473 g/mol. The lowest BCUT2D eigenvalue weighted by atomic mass is 9.85. The number of nitrogens with one attached hydrogen (secondary N) is 2. The van der Waals surface area contributed by atoms with Gasteiger partial charge in [0.05, 0.1) is 0 Å². The fourth-order valence-corrected chi connectivity index (χ4v) is 6.49. The quantitative estimate of drug-likeness (QED) is 0.384. The van der Waals surface area contributed by atoms with Gasteiger partial charge in [-0.25, -0.2) is 13.1 Å². The van der Waals surface area contributed by atoms with E-state index in [1.165, 1.54) is 13.5 Å². The summed E-state index contributed by atoms with van der Waals surface area (Å²) in [7, 11) is -2.24. The van der Waals surface area contributed by atoms with Crippen LogP contribution in [0.5, 0.6) is 0 Å². The smallest absolute Gasteiger partial charge is 0.256 e. The molecule has 1 aliphatic heterocycles. The highest BCUT2D eigenvalue weighted by molar-refractivity contribution is 7.89. The van der Waals surface area contributed by atoms with Gasteiger partial charge in [0, 0.05) is 35.0 Å². The first-order valence-electron chi connectivity index (χ1n) is 12.0. The van der Waals surface area contributed by atoms with Gasteiger partial charge in [-0.2, -0.15) is 0 Å². The Morgan fingerprint density at radius 3 is 2.15 bits per heavy atom. The van der Waals surface area contributed by atoms with Crippen LogP contribution in [0.25, 0.3) is 10.9 Å². The number of para-hydroxylation sites is 1. The zero-order chi connectivity index (χ0) is 23.5. The van der Waals surface area contributed by atoms with Crippen molar-refractivity contribution in [2.45, 2.75) is 42.8 Å². The maximum atomic E-state index is 13.6. The molecule has 1 saturated heterocycles. The van der Waals surface area contributed by atoms with Crippen LogP contribution in [-0.4, -0.2) is 32.6 Å². The van der Waals surface area contributed by atoms with Gasteiger partial charge in [0.15, 0.2) is 5.03 Å². The molecule has 5 nitrogen and oxygen atoms in total. The summed E-state index contributed by atoms with van der Waals surface area (Å²) in [4.78, 5) is 0. The van der Waals surface area contributed by atoms with Crippen LogP contribution in [0.1, 0.15) is 41.9 Å². The van der Waals surface area contributed by atoms with E-state index in [1.807, 2.05) is 59.2 Å². The van der Waals surface area contributed by atoms with Crippen LogP contribution in [0.4, 0.5) is 0 Å². The zero-order valence-electron chi connectivity index (χ0n) is 19.4. The molecule has 1 unspecified atom stereocenters. The van der Waals surface area contributed by atoms with Crippen molar-refractivity contribution in [2.24, 2.45) is 0 Å². The first kappa shape index (κ1) is 22.8. The van der Waals surface area contributed by atoms with E-state index in [0.29, 0.717) is 17.6 Å². The average molecular weight is 474 g/mol. The van der Waals surface area contributed by atoms with Crippen molar-refractivity contribution in [3.05, 3.63) is 102 Å². The highest BCUT2D eigenvalue weighted by atomic mass is 32.2. The maximum absolute atomic E-state index is 13.6. The fraction of sp³-hybridized carbons (Fsp3) is 0.286. The molecule has 2 heterocycles. The standard InChI is InChI=1S/C28H31N3O2S/c1-29-34(32,33)28-27(26(21-11-4-2-5-12-21)22-13-6-3-7-14-22)24-16-8-9-17-25(24)31(28)20-18-23-15-10-19-30-23/h2-9,11-14,16-17,23,26,29-30H,10,15,18-20H2,1H3. The Kier molecular flexibility index (Phi) is 6.55. The van der Waals surface area contributed by atoms with E-state index in [2.05, 4.69) is 40.4 Å². The largest absolute Gasteiger partial charge is 0.330 e. The van der Waals surface area contributed by atoms with Gasteiger partial charge in [-0.15, -0.1) is 0 Å². The van der Waals surface area contributed by atoms with E-state index in [9.17, 15) is 8.42 Å². The Balaban J connectivity index is 1.79. The second-order valence-electron chi connectivity index (χ2n) is 8.93. The molecule has 1 atom stereocenters. The van der Waals surface area contributed by atoms with E-state index < -0.39 is 10.0 Å². The van der Waals surface area contributed by atoms with Crippen molar-refractivity contribution in [1.82, 2.24) is 14.6 Å². The number of sulfonamides is 1. The van der Waals surface area contributed by atoms with E-state index in [1.54, 1.807) is 0 Å². The minimum absolute atomic E-state index is 0.212. The van der Waals surface area contributed by atoms with Gasteiger partial charge in [-0.1, -0.05) is 78.9 Å². The first-order valence-corrected chi connectivity index (χ1v) is 13.5. The van der Waals surface area contributed by atoms with Gasteiger partial charge in [0.1, 0.15) is 0 Å². The van der Waals surface area contributed by atoms with Crippen LogP contribution in [-0.2, 0) is 16.6 Å². The number of rotatable bonds is 8. The summed E-state index contributed by atoms with van der Waals surface area (Å²) in [6, 6.07) is 28.9. The van der Waals surface area contributed by atoms with Crippen LogP contribution >= 0.6 is 0 Å².